The van der Waals surface area contributed by atoms with Crippen LogP contribution in [0.2, 0.25) is 0 Å². The van der Waals surface area contributed by atoms with Crippen LogP contribution in [0.5, 0.6) is 0 Å². The largest absolute Gasteiger partial charge is 0.192 e. The molecule has 0 N–H and O–H groups in total. The first-order chi connectivity index (χ1) is 12.0. The molecule has 0 spiro atoms. The minimum absolute atomic E-state index is 0.293. The summed E-state index contributed by atoms with van der Waals surface area (Å²) in [5.41, 5.74) is 0. The van der Waals surface area contributed by atoms with Gasteiger partial charge in [0.2, 0.25) is 0 Å². The third-order valence-corrected chi connectivity index (χ3v) is 7.52. The number of benzene rings is 1. The Labute approximate surface area is 162 Å². The van der Waals surface area contributed by atoms with Gasteiger partial charge in [-0.3, -0.25) is 0 Å². The van der Waals surface area contributed by atoms with E-state index in [0.717, 1.165) is 21.6 Å². The van der Waals surface area contributed by atoms with Gasteiger partial charge in [0.25, 0.3) is 0 Å². The Hall–Kier alpha value is -2.20. The number of allylic oxidation sites excluding steroid dienone is 4. The van der Waals surface area contributed by atoms with E-state index in [1.54, 1.807) is 12.3 Å². The molecule has 0 saturated carbocycles. The van der Waals surface area contributed by atoms with Gasteiger partial charge in [-0.25, -0.2) is 0 Å². The maximum absolute atomic E-state index is 9.34. The van der Waals surface area contributed by atoms with Crippen LogP contribution in [0.3, 0.4) is 0 Å². The van der Waals surface area contributed by atoms with Crippen molar-refractivity contribution < 1.29 is 0 Å². The van der Waals surface area contributed by atoms with Crippen LogP contribution in [0.25, 0.3) is 13.2 Å². The highest BCUT2D eigenvalue weighted by atomic mass is 32.2. The van der Waals surface area contributed by atoms with Gasteiger partial charge in [0, 0.05) is 14.7 Å². The van der Waals surface area contributed by atoms with Gasteiger partial charge in [0.1, 0.15) is 43.9 Å². The summed E-state index contributed by atoms with van der Waals surface area (Å²) in [7, 11) is 0. The normalized spacial score (nSPS) is 13.6. The fourth-order valence-electron chi connectivity index (χ4n) is 1.88. The molecule has 25 heavy (non-hydrogen) atoms. The third-order valence-electron chi connectivity index (χ3n) is 3.02. The molecule has 0 atom stereocenters. The molecule has 0 radical (unpaired) electrons. The quantitative estimate of drug-likeness (QED) is 0.564. The molecule has 0 unspecified atom stereocenters. The number of nitrogens with zero attached hydrogens (tertiary/aromatic N) is 4. The third kappa shape index (κ3) is 3.74. The molecule has 1 aliphatic heterocycles. The summed E-state index contributed by atoms with van der Waals surface area (Å²) in [4.78, 5) is 3.55. The minimum atomic E-state index is 0.293. The second-order valence-corrected chi connectivity index (χ2v) is 8.35. The van der Waals surface area contributed by atoms with Crippen LogP contribution in [-0.4, -0.2) is 6.26 Å². The Balaban J connectivity index is 2.61. The highest BCUT2D eigenvalue weighted by Crippen LogP contribution is 2.44. The van der Waals surface area contributed by atoms with Gasteiger partial charge < -0.3 is 0 Å². The van der Waals surface area contributed by atoms with Crippen molar-refractivity contribution >= 4 is 60.2 Å². The maximum Gasteiger partial charge on any atom is 0.114 e. The second-order valence-electron chi connectivity index (χ2n) is 4.44. The molecular formula is C17H8N4S4. The van der Waals surface area contributed by atoms with E-state index in [9.17, 15) is 15.8 Å². The molecule has 0 bridgehead atoms. The van der Waals surface area contributed by atoms with Crippen LogP contribution < -0.4 is 10.4 Å². The lowest BCUT2D eigenvalue weighted by Gasteiger charge is -2.17. The Morgan fingerprint density at radius 1 is 0.960 bits per heavy atom. The molecule has 8 heteroatoms. The van der Waals surface area contributed by atoms with Crippen molar-refractivity contribution in [2.24, 2.45) is 0 Å². The first-order valence-electron chi connectivity index (χ1n) is 6.52. The van der Waals surface area contributed by atoms with E-state index in [1.807, 2.05) is 24.3 Å². The summed E-state index contributed by atoms with van der Waals surface area (Å²) in [5, 5.41) is 38.3. The molecule has 120 valence electrons. The fourth-order valence-corrected chi connectivity index (χ4v) is 5.61. The number of hydrogen-bond acceptors (Lipinski definition) is 8. The summed E-state index contributed by atoms with van der Waals surface area (Å²) in [6.45, 7) is 8.09. The van der Waals surface area contributed by atoms with Crippen molar-refractivity contribution in [3.8, 4) is 24.3 Å². The van der Waals surface area contributed by atoms with Crippen molar-refractivity contribution in [2.75, 3.05) is 6.26 Å². The smallest absolute Gasteiger partial charge is 0.114 e. The fraction of sp³-hybridized carbons (Fsp3) is 0.0588. The predicted molar refractivity (Wildman–Crippen MR) is 104 cm³/mol. The predicted octanol–water partition coefficient (Wildman–Crippen LogP) is 3.68. The average molecular weight is 397 g/mol. The lowest BCUT2D eigenvalue weighted by atomic mass is 10.3. The highest BCUT2D eigenvalue weighted by Gasteiger charge is 2.23. The first-order valence-corrected chi connectivity index (χ1v) is 10.2. The Morgan fingerprint density at radius 3 is 2.00 bits per heavy atom. The van der Waals surface area contributed by atoms with E-state index in [-0.39, 0.29) is 0 Å². The number of nitriles is 4. The summed E-state index contributed by atoms with van der Waals surface area (Å²) < 4.78 is 0. The van der Waals surface area contributed by atoms with Gasteiger partial charge in [0.05, 0.1) is 0 Å². The minimum Gasteiger partial charge on any atom is -0.192 e. The molecule has 0 aromatic heterocycles. The molecule has 0 saturated heterocycles. The molecule has 0 fully saturated rings. The van der Waals surface area contributed by atoms with Gasteiger partial charge in [-0.05, 0) is 22.8 Å². The molecule has 1 aliphatic rings. The van der Waals surface area contributed by atoms with Gasteiger partial charge in [0.15, 0.2) is 0 Å². The number of rotatable bonds is 3. The molecule has 1 heterocycles. The molecular weight excluding hydrogens is 388 g/mol. The van der Waals surface area contributed by atoms with Crippen molar-refractivity contribution in [1.29, 1.82) is 21.0 Å². The first kappa shape index (κ1) is 19.1. The zero-order chi connectivity index (χ0) is 18.6. The Bertz CT molecular complexity index is 1090. The van der Waals surface area contributed by atoms with Crippen molar-refractivity contribution in [3.05, 3.63) is 36.1 Å². The van der Waals surface area contributed by atoms with Gasteiger partial charge >= 0.3 is 0 Å². The van der Waals surface area contributed by atoms with Gasteiger partial charge in [-0.2, -0.15) is 21.0 Å². The van der Waals surface area contributed by atoms with E-state index in [0.29, 0.717) is 35.0 Å². The van der Waals surface area contributed by atoms with E-state index in [1.165, 1.54) is 35.3 Å². The van der Waals surface area contributed by atoms with Gasteiger partial charge in [-0.1, -0.05) is 48.4 Å². The summed E-state index contributed by atoms with van der Waals surface area (Å²) >= 11 is 4.77. The molecule has 1 aromatic carbocycles. The SMILES string of the molecule is C=c1cc(S/C(C#N)=C(/C#N)SC)c(=C)c2c1SC(C#N)=C(C#N)S2. The molecule has 0 amide bonds. The van der Waals surface area contributed by atoms with Crippen molar-refractivity contribution in [2.45, 2.75) is 14.7 Å². The zero-order valence-electron chi connectivity index (χ0n) is 12.9. The van der Waals surface area contributed by atoms with Crippen LogP contribution in [0.4, 0.5) is 0 Å². The van der Waals surface area contributed by atoms with Crippen LogP contribution in [0.15, 0.2) is 40.4 Å². The Morgan fingerprint density at radius 2 is 1.52 bits per heavy atom. The van der Waals surface area contributed by atoms with Crippen molar-refractivity contribution in [1.82, 2.24) is 0 Å². The van der Waals surface area contributed by atoms with Crippen LogP contribution in [0, 0.1) is 45.3 Å². The van der Waals surface area contributed by atoms with Gasteiger partial charge in [-0.15, -0.1) is 11.8 Å². The number of hydrogen-bond donors (Lipinski definition) is 0. The summed E-state index contributed by atoms with van der Waals surface area (Å²) in [6.07, 6.45) is 1.74. The van der Waals surface area contributed by atoms with Crippen LogP contribution in [-0.2, 0) is 0 Å². The average Bonchev–Trinajstić information content (AvgIpc) is 2.64. The standard InChI is InChI=1S/C17H8N4S4/c1-9-4-11(23-13(6-19)12(5-18)22-3)10(2)17-16(9)24-14(7-20)15(8-21)25-17/h4H,1-2H2,3H3/b13-12-. The Kier molecular flexibility index (Phi) is 6.32. The lowest BCUT2D eigenvalue weighted by Crippen LogP contribution is -2.18. The zero-order valence-corrected chi connectivity index (χ0v) is 16.2. The van der Waals surface area contributed by atoms with E-state index < -0.39 is 0 Å². The van der Waals surface area contributed by atoms with Crippen molar-refractivity contribution in [3.63, 3.8) is 0 Å². The van der Waals surface area contributed by atoms with E-state index in [4.69, 9.17) is 5.26 Å². The maximum atomic E-state index is 9.34. The number of fused-ring (bicyclic) bond motifs is 1. The lowest BCUT2D eigenvalue weighted by molar-refractivity contribution is 1.10. The molecule has 4 nitrogen and oxygen atoms in total. The number of thioether (sulfide) groups is 4. The molecule has 1 aromatic rings. The van der Waals surface area contributed by atoms with Crippen LogP contribution in [0.1, 0.15) is 0 Å². The molecule has 2 rings (SSSR count). The van der Waals surface area contributed by atoms with E-state index >= 15 is 0 Å². The van der Waals surface area contributed by atoms with E-state index in [2.05, 4.69) is 13.2 Å². The summed E-state index contributed by atoms with van der Waals surface area (Å²) in [5.74, 6) is 0. The highest BCUT2D eigenvalue weighted by molar-refractivity contribution is 8.10. The summed E-state index contributed by atoms with van der Waals surface area (Å²) in [6, 6.07) is 9.93. The monoisotopic (exact) mass is 396 g/mol. The van der Waals surface area contributed by atoms with Crippen LogP contribution >= 0.6 is 47.0 Å². The second kappa shape index (κ2) is 8.26. The topological polar surface area (TPSA) is 95.2 Å². The molecule has 0 aliphatic carbocycles.